The fourth-order valence-electron chi connectivity index (χ4n) is 2.02. The summed E-state index contributed by atoms with van der Waals surface area (Å²) in [4.78, 5) is 13.0. The summed E-state index contributed by atoms with van der Waals surface area (Å²) in [6, 6.07) is 4.85. The van der Waals surface area contributed by atoms with E-state index in [0.717, 1.165) is 18.8 Å². The van der Waals surface area contributed by atoms with Gasteiger partial charge in [0.2, 0.25) is 0 Å². The van der Waals surface area contributed by atoms with Crippen molar-refractivity contribution in [3.05, 3.63) is 28.8 Å². The average Bonchev–Trinajstić information content (AvgIpc) is 2.17. The molecule has 2 rings (SSSR count). The van der Waals surface area contributed by atoms with Crippen molar-refractivity contribution < 1.29 is 9.90 Å². The van der Waals surface area contributed by atoms with Crippen LogP contribution in [0.25, 0.3) is 0 Å². The Balaban J connectivity index is 2.17. The molecule has 1 heterocycles. The standard InChI is InChI=1S/C13H16ClNO2/c1-8(2)10-6-15(7-10)12-5-9(13(16)17)3-4-11(12)14/h3-5,8,10H,6-7H2,1-2H3,(H,16,17). The number of hydrogen-bond donors (Lipinski definition) is 1. The third-order valence-corrected chi connectivity index (χ3v) is 3.71. The number of anilines is 1. The summed E-state index contributed by atoms with van der Waals surface area (Å²) in [5.74, 6) is 0.427. The molecule has 0 aromatic heterocycles. The molecule has 0 amide bonds. The summed E-state index contributed by atoms with van der Waals surface area (Å²) in [5.41, 5.74) is 1.13. The van der Waals surface area contributed by atoms with Gasteiger partial charge in [0.25, 0.3) is 0 Å². The van der Waals surface area contributed by atoms with Crippen LogP contribution in [-0.4, -0.2) is 24.2 Å². The molecule has 1 aromatic carbocycles. The molecule has 1 aliphatic heterocycles. The van der Waals surface area contributed by atoms with E-state index in [2.05, 4.69) is 18.7 Å². The molecule has 1 N–H and O–H groups in total. The van der Waals surface area contributed by atoms with Crippen molar-refractivity contribution >= 4 is 23.3 Å². The molecular formula is C13H16ClNO2. The highest BCUT2D eigenvalue weighted by atomic mass is 35.5. The molecule has 0 aliphatic carbocycles. The maximum atomic E-state index is 10.9. The fourth-order valence-corrected chi connectivity index (χ4v) is 2.26. The number of hydrogen-bond acceptors (Lipinski definition) is 2. The lowest BCUT2D eigenvalue weighted by Gasteiger charge is -2.43. The summed E-state index contributed by atoms with van der Waals surface area (Å²) in [6.45, 7) is 6.33. The minimum absolute atomic E-state index is 0.289. The van der Waals surface area contributed by atoms with E-state index in [4.69, 9.17) is 16.7 Å². The molecule has 0 unspecified atom stereocenters. The Kier molecular flexibility index (Phi) is 3.29. The number of aromatic carboxylic acids is 1. The van der Waals surface area contributed by atoms with Crippen LogP contribution in [0.1, 0.15) is 24.2 Å². The molecule has 4 heteroatoms. The first-order valence-corrected chi connectivity index (χ1v) is 6.14. The zero-order valence-corrected chi connectivity index (χ0v) is 10.7. The van der Waals surface area contributed by atoms with Crippen molar-refractivity contribution in [2.75, 3.05) is 18.0 Å². The predicted molar refractivity (Wildman–Crippen MR) is 69.0 cm³/mol. The maximum Gasteiger partial charge on any atom is 0.335 e. The lowest BCUT2D eigenvalue weighted by atomic mass is 9.88. The molecular weight excluding hydrogens is 238 g/mol. The van der Waals surface area contributed by atoms with Gasteiger partial charge < -0.3 is 10.0 Å². The topological polar surface area (TPSA) is 40.5 Å². The largest absolute Gasteiger partial charge is 0.478 e. The quantitative estimate of drug-likeness (QED) is 0.900. The van der Waals surface area contributed by atoms with Crippen LogP contribution in [0.2, 0.25) is 5.02 Å². The van der Waals surface area contributed by atoms with Gasteiger partial charge in [-0.05, 0) is 30.0 Å². The second kappa shape index (κ2) is 4.57. The summed E-state index contributed by atoms with van der Waals surface area (Å²) in [7, 11) is 0. The Morgan fingerprint density at radius 1 is 1.47 bits per heavy atom. The number of nitrogens with zero attached hydrogens (tertiary/aromatic N) is 1. The molecule has 1 saturated heterocycles. The van der Waals surface area contributed by atoms with Crippen molar-refractivity contribution in [3.8, 4) is 0 Å². The maximum absolute atomic E-state index is 10.9. The SMILES string of the molecule is CC(C)C1CN(c2cc(C(=O)O)ccc2Cl)C1. The normalized spacial score (nSPS) is 16.1. The van der Waals surface area contributed by atoms with Gasteiger partial charge in [-0.25, -0.2) is 4.79 Å². The zero-order valence-electron chi connectivity index (χ0n) is 9.98. The highest BCUT2D eigenvalue weighted by Crippen LogP contribution is 2.34. The van der Waals surface area contributed by atoms with Crippen molar-refractivity contribution in [1.29, 1.82) is 0 Å². The van der Waals surface area contributed by atoms with Crippen LogP contribution in [0.15, 0.2) is 18.2 Å². The van der Waals surface area contributed by atoms with E-state index in [0.29, 0.717) is 16.9 Å². The van der Waals surface area contributed by atoms with E-state index in [1.807, 2.05) is 0 Å². The van der Waals surface area contributed by atoms with Gasteiger partial charge in [0.1, 0.15) is 0 Å². The monoisotopic (exact) mass is 253 g/mol. The van der Waals surface area contributed by atoms with Crippen LogP contribution in [0, 0.1) is 11.8 Å². The van der Waals surface area contributed by atoms with Crippen LogP contribution in [0.3, 0.4) is 0 Å². The van der Waals surface area contributed by atoms with Gasteiger partial charge in [-0.3, -0.25) is 0 Å². The number of carbonyl (C=O) groups is 1. The van der Waals surface area contributed by atoms with E-state index in [1.165, 1.54) is 6.07 Å². The van der Waals surface area contributed by atoms with Gasteiger partial charge in [-0.1, -0.05) is 25.4 Å². The minimum Gasteiger partial charge on any atom is -0.478 e. The van der Waals surface area contributed by atoms with E-state index in [9.17, 15) is 4.79 Å². The van der Waals surface area contributed by atoms with Gasteiger partial charge in [0.05, 0.1) is 16.3 Å². The summed E-state index contributed by atoms with van der Waals surface area (Å²) >= 11 is 6.10. The highest BCUT2D eigenvalue weighted by molar-refractivity contribution is 6.33. The van der Waals surface area contributed by atoms with Gasteiger partial charge in [0.15, 0.2) is 0 Å². The first kappa shape index (κ1) is 12.2. The van der Waals surface area contributed by atoms with Gasteiger partial charge >= 0.3 is 5.97 Å². The molecule has 3 nitrogen and oxygen atoms in total. The number of halogens is 1. The van der Waals surface area contributed by atoms with E-state index in [-0.39, 0.29) is 5.56 Å². The zero-order chi connectivity index (χ0) is 12.6. The number of carboxylic acid groups (broad SMARTS) is 1. The number of rotatable bonds is 3. The molecule has 0 spiro atoms. The third-order valence-electron chi connectivity index (χ3n) is 3.39. The van der Waals surface area contributed by atoms with E-state index < -0.39 is 5.97 Å². The van der Waals surface area contributed by atoms with Crippen molar-refractivity contribution in [3.63, 3.8) is 0 Å². The van der Waals surface area contributed by atoms with Gasteiger partial charge in [-0.15, -0.1) is 0 Å². The molecule has 1 aromatic rings. The average molecular weight is 254 g/mol. The molecule has 0 saturated carbocycles. The molecule has 17 heavy (non-hydrogen) atoms. The first-order valence-electron chi connectivity index (χ1n) is 5.77. The Hall–Kier alpha value is -1.22. The van der Waals surface area contributed by atoms with Gasteiger partial charge in [-0.2, -0.15) is 0 Å². The van der Waals surface area contributed by atoms with Crippen molar-refractivity contribution in [2.24, 2.45) is 11.8 Å². The second-order valence-corrected chi connectivity index (χ2v) is 5.29. The highest BCUT2D eigenvalue weighted by Gasteiger charge is 2.30. The summed E-state index contributed by atoms with van der Waals surface area (Å²) < 4.78 is 0. The fraction of sp³-hybridized carbons (Fsp3) is 0.462. The van der Waals surface area contributed by atoms with Crippen LogP contribution >= 0.6 is 11.6 Å². The summed E-state index contributed by atoms with van der Waals surface area (Å²) in [6.07, 6.45) is 0. The smallest absolute Gasteiger partial charge is 0.335 e. The number of benzene rings is 1. The van der Waals surface area contributed by atoms with Crippen LogP contribution < -0.4 is 4.90 Å². The second-order valence-electron chi connectivity index (χ2n) is 4.88. The lowest BCUT2D eigenvalue weighted by Crippen LogP contribution is -2.49. The Bertz CT molecular complexity index is 439. The molecule has 0 radical (unpaired) electrons. The molecule has 0 bridgehead atoms. The lowest BCUT2D eigenvalue weighted by molar-refractivity contribution is 0.0697. The predicted octanol–water partition coefficient (Wildman–Crippen LogP) is 3.13. The summed E-state index contributed by atoms with van der Waals surface area (Å²) in [5, 5.41) is 9.57. The molecule has 92 valence electrons. The van der Waals surface area contributed by atoms with E-state index in [1.54, 1.807) is 12.1 Å². The van der Waals surface area contributed by atoms with Crippen LogP contribution in [0.5, 0.6) is 0 Å². The Morgan fingerprint density at radius 3 is 2.65 bits per heavy atom. The molecule has 0 atom stereocenters. The van der Waals surface area contributed by atoms with Gasteiger partial charge in [0, 0.05) is 13.1 Å². The van der Waals surface area contributed by atoms with E-state index >= 15 is 0 Å². The van der Waals surface area contributed by atoms with Crippen molar-refractivity contribution in [2.45, 2.75) is 13.8 Å². The van der Waals surface area contributed by atoms with Crippen LogP contribution in [0.4, 0.5) is 5.69 Å². The Labute approximate surface area is 106 Å². The first-order chi connectivity index (χ1) is 7.99. The molecule has 1 fully saturated rings. The van der Waals surface area contributed by atoms with Crippen LogP contribution in [-0.2, 0) is 0 Å². The van der Waals surface area contributed by atoms with Crippen molar-refractivity contribution in [1.82, 2.24) is 0 Å². The third kappa shape index (κ3) is 2.39. The molecule has 1 aliphatic rings. The number of carboxylic acids is 1. The Morgan fingerprint density at radius 2 is 2.12 bits per heavy atom. The minimum atomic E-state index is -0.913.